The van der Waals surface area contributed by atoms with Crippen LogP contribution in [-0.4, -0.2) is 24.2 Å². The van der Waals surface area contributed by atoms with Gasteiger partial charge in [-0.25, -0.2) is 0 Å². The minimum Gasteiger partial charge on any atom is -0.396 e. The molecule has 0 bridgehead atoms. The first-order valence-corrected chi connectivity index (χ1v) is 5.26. The van der Waals surface area contributed by atoms with Gasteiger partial charge in [0.05, 0.1) is 0 Å². The van der Waals surface area contributed by atoms with Crippen LogP contribution in [0.2, 0.25) is 0 Å². The van der Waals surface area contributed by atoms with Crippen LogP contribution in [-0.2, 0) is 6.42 Å². The minimum absolute atomic E-state index is 0.0547. The number of amides is 1. The van der Waals surface area contributed by atoms with E-state index in [-0.39, 0.29) is 12.5 Å². The van der Waals surface area contributed by atoms with E-state index in [9.17, 15) is 4.79 Å². The van der Waals surface area contributed by atoms with Gasteiger partial charge in [-0.15, -0.1) is 0 Å². The van der Waals surface area contributed by atoms with Crippen LogP contribution in [0.5, 0.6) is 0 Å². The second-order valence-corrected chi connectivity index (χ2v) is 3.39. The predicted octanol–water partition coefficient (Wildman–Crippen LogP) is 1.36. The van der Waals surface area contributed by atoms with Gasteiger partial charge in [-0.05, 0) is 24.5 Å². The molecule has 0 saturated carbocycles. The summed E-state index contributed by atoms with van der Waals surface area (Å²) in [5.74, 6) is -0.0547. The van der Waals surface area contributed by atoms with Gasteiger partial charge in [0.2, 0.25) is 0 Å². The third kappa shape index (κ3) is 3.36. The molecule has 0 aromatic heterocycles. The van der Waals surface area contributed by atoms with Crippen LogP contribution in [0.25, 0.3) is 0 Å². The molecule has 1 aromatic rings. The molecular weight excluding hydrogens is 190 g/mol. The number of carbonyl (C=O) groups is 1. The van der Waals surface area contributed by atoms with Crippen molar-refractivity contribution in [1.29, 1.82) is 0 Å². The van der Waals surface area contributed by atoms with Gasteiger partial charge in [-0.3, -0.25) is 4.79 Å². The van der Waals surface area contributed by atoms with E-state index in [1.54, 1.807) is 6.07 Å². The van der Waals surface area contributed by atoms with E-state index in [0.29, 0.717) is 18.5 Å². The van der Waals surface area contributed by atoms with Crippen LogP contribution in [0.4, 0.5) is 0 Å². The molecule has 0 radical (unpaired) electrons. The van der Waals surface area contributed by atoms with E-state index in [1.165, 1.54) is 0 Å². The molecule has 1 rings (SSSR count). The van der Waals surface area contributed by atoms with Gasteiger partial charge in [0.15, 0.2) is 0 Å². The van der Waals surface area contributed by atoms with Crippen LogP contribution in [0.1, 0.15) is 29.3 Å². The van der Waals surface area contributed by atoms with E-state index in [0.717, 1.165) is 12.0 Å². The highest BCUT2D eigenvalue weighted by atomic mass is 16.3. The Morgan fingerprint density at radius 3 is 2.80 bits per heavy atom. The number of hydrogen-bond acceptors (Lipinski definition) is 2. The van der Waals surface area contributed by atoms with Crippen molar-refractivity contribution in [2.75, 3.05) is 13.2 Å². The molecule has 0 saturated heterocycles. The lowest BCUT2D eigenvalue weighted by molar-refractivity contribution is 0.0952. The summed E-state index contributed by atoms with van der Waals surface area (Å²) >= 11 is 0. The number of benzene rings is 1. The van der Waals surface area contributed by atoms with Crippen LogP contribution in [0.15, 0.2) is 24.3 Å². The summed E-state index contributed by atoms with van der Waals surface area (Å²) < 4.78 is 0. The maximum Gasteiger partial charge on any atom is 0.251 e. The number of carbonyl (C=O) groups excluding carboxylic acids is 1. The summed E-state index contributed by atoms with van der Waals surface area (Å²) in [5.41, 5.74) is 1.56. The maximum absolute atomic E-state index is 11.7. The Bertz CT molecular complexity index is 323. The lowest BCUT2D eigenvalue weighted by atomic mass is 10.0. The fourth-order valence-electron chi connectivity index (χ4n) is 1.41. The molecule has 15 heavy (non-hydrogen) atoms. The van der Waals surface area contributed by atoms with Gasteiger partial charge >= 0.3 is 0 Å². The molecule has 2 N–H and O–H groups in total. The predicted molar refractivity (Wildman–Crippen MR) is 59.9 cm³/mol. The summed E-state index contributed by atoms with van der Waals surface area (Å²) in [6.45, 7) is 2.77. The zero-order chi connectivity index (χ0) is 11.1. The van der Waals surface area contributed by atoms with Gasteiger partial charge in [0.25, 0.3) is 5.91 Å². The molecule has 0 heterocycles. The second kappa shape index (κ2) is 6.19. The van der Waals surface area contributed by atoms with E-state index in [4.69, 9.17) is 5.11 Å². The molecular formula is C12H17NO2. The molecule has 0 spiro atoms. The Morgan fingerprint density at radius 2 is 2.13 bits per heavy atom. The molecule has 1 aromatic carbocycles. The molecule has 0 atom stereocenters. The standard InChI is InChI=1S/C12H17NO2/c1-2-8-13-12(15)11-6-4-3-5-10(11)7-9-14/h3-6,14H,2,7-9H2,1H3,(H,13,15). The average molecular weight is 207 g/mol. The quantitative estimate of drug-likeness (QED) is 0.766. The largest absolute Gasteiger partial charge is 0.396 e. The van der Waals surface area contributed by atoms with Crippen molar-refractivity contribution in [2.45, 2.75) is 19.8 Å². The molecule has 3 nitrogen and oxygen atoms in total. The average Bonchev–Trinajstić information content (AvgIpc) is 2.27. The van der Waals surface area contributed by atoms with Crippen molar-refractivity contribution in [3.63, 3.8) is 0 Å². The van der Waals surface area contributed by atoms with Crippen molar-refractivity contribution in [3.05, 3.63) is 35.4 Å². The summed E-state index contributed by atoms with van der Waals surface area (Å²) in [7, 11) is 0. The SMILES string of the molecule is CCCNC(=O)c1ccccc1CCO. The molecule has 0 aliphatic rings. The number of hydrogen-bond donors (Lipinski definition) is 2. The number of aliphatic hydroxyl groups is 1. The number of nitrogens with one attached hydrogen (secondary N) is 1. The van der Waals surface area contributed by atoms with Crippen LogP contribution < -0.4 is 5.32 Å². The summed E-state index contributed by atoms with van der Waals surface area (Å²) in [6.07, 6.45) is 1.45. The lowest BCUT2D eigenvalue weighted by Gasteiger charge is -2.08. The third-order valence-electron chi connectivity index (χ3n) is 2.18. The van der Waals surface area contributed by atoms with Gasteiger partial charge in [-0.2, -0.15) is 0 Å². The molecule has 0 unspecified atom stereocenters. The fraction of sp³-hybridized carbons (Fsp3) is 0.417. The second-order valence-electron chi connectivity index (χ2n) is 3.39. The lowest BCUT2D eigenvalue weighted by Crippen LogP contribution is -2.25. The Balaban J connectivity index is 2.77. The number of aliphatic hydroxyl groups excluding tert-OH is 1. The van der Waals surface area contributed by atoms with Crippen molar-refractivity contribution in [3.8, 4) is 0 Å². The van der Waals surface area contributed by atoms with Gasteiger partial charge in [0.1, 0.15) is 0 Å². The Hall–Kier alpha value is -1.35. The van der Waals surface area contributed by atoms with Gasteiger partial charge in [-0.1, -0.05) is 25.1 Å². The van der Waals surface area contributed by atoms with Crippen LogP contribution >= 0.6 is 0 Å². The Morgan fingerprint density at radius 1 is 1.40 bits per heavy atom. The van der Waals surface area contributed by atoms with Crippen LogP contribution in [0, 0.1) is 0 Å². The van der Waals surface area contributed by atoms with Crippen molar-refractivity contribution >= 4 is 5.91 Å². The highest BCUT2D eigenvalue weighted by Crippen LogP contribution is 2.09. The Kier molecular flexibility index (Phi) is 4.84. The topological polar surface area (TPSA) is 49.3 Å². The Labute approximate surface area is 90.1 Å². The zero-order valence-electron chi connectivity index (χ0n) is 8.99. The molecule has 0 aliphatic heterocycles. The molecule has 1 amide bonds. The molecule has 3 heteroatoms. The van der Waals surface area contributed by atoms with Gasteiger partial charge < -0.3 is 10.4 Å². The third-order valence-corrected chi connectivity index (χ3v) is 2.18. The van der Waals surface area contributed by atoms with Crippen molar-refractivity contribution in [1.82, 2.24) is 5.32 Å². The zero-order valence-corrected chi connectivity index (χ0v) is 8.99. The van der Waals surface area contributed by atoms with Gasteiger partial charge in [0, 0.05) is 18.7 Å². The smallest absolute Gasteiger partial charge is 0.251 e. The first-order valence-electron chi connectivity index (χ1n) is 5.26. The maximum atomic E-state index is 11.7. The summed E-state index contributed by atoms with van der Waals surface area (Å²) in [6, 6.07) is 7.37. The van der Waals surface area contributed by atoms with Crippen molar-refractivity contribution < 1.29 is 9.90 Å². The monoisotopic (exact) mass is 207 g/mol. The summed E-state index contributed by atoms with van der Waals surface area (Å²) in [5, 5.41) is 11.7. The van der Waals surface area contributed by atoms with E-state index < -0.39 is 0 Å². The summed E-state index contributed by atoms with van der Waals surface area (Å²) in [4.78, 5) is 11.7. The first kappa shape index (κ1) is 11.7. The van der Waals surface area contributed by atoms with E-state index >= 15 is 0 Å². The number of rotatable bonds is 5. The molecule has 0 fully saturated rings. The van der Waals surface area contributed by atoms with Crippen molar-refractivity contribution in [2.24, 2.45) is 0 Å². The van der Waals surface area contributed by atoms with E-state index in [1.807, 2.05) is 25.1 Å². The van der Waals surface area contributed by atoms with Crippen LogP contribution in [0.3, 0.4) is 0 Å². The van der Waals surface area contributed by atoms with E-state index in [2.05, 4.69) is 5.32 Å². The fourth-order valence-corrected chi connectivity index (χ4v) is 1.41. The highest BCUT2D eigenvalue weighted by Gasteiger charge is 2.08. The molecule has 82 valence electrons. The highest BCUT2D eigenvalue weighted by molar-refractivity contribution is 5.95. The normalized spacial score (nSPS) is 10.0. The molecule has 0 aliphatic carbocycles. The first-order chi connectivity index (χ1) is 7.29. The minimum atomic E-state index is -0.0547.